The van der Waals surface area contributed by atoms with Crippen LogP contribution >= 0.6 is 0 Å². The number of fused-ring (bicyclic) bond motifs is 1. The number of halogens is 2. The molecule has 9 heteroatoms. The van der Waals surface area contributed by atoms with Crippen molar-refractivity contribution in [1.82, 2.24) is 5.32 Å². The summed E-state index contributed by atoms with van der Waals surface area (Å²) in [6, 6.07) is 12.7. The van der Waals surface area contributed by atoms with E-state index in [1.165, 1.54) is 18.2 Å². The Hall–Kier alpha value is -2.90. The van der Waals surface area contributed by atoms with Crippen molar-refractivity contribution in [2.24, 2.45) is 0 Å². The van der Waals surface area contributed by atoms with Crippen molar-refractivity contribution in [3.63, 3.8) is 0 Å². The van der Waals surface area contributed by atoms with Crippen LogP contribution < -0.4 is 5.32 Å². The summed E-state index contributed by atoms with van der Waals surface area (Å²) in [5.41, 5.74) is -0.491. The molecule has 36 heavy (non-hydrogen) atoms. The van der Waals surface area contributed by atoms with Crippen molar-refractivity contribution in [3.8, 4) is 6.07 Å². The SMILES string of the molecule is CCNC(=O)[C@@]1(OCc2ccccc2C#N)C[C@@H](OCc2c(F)cccc2F)[C@@H]2OC(C)(C)O[C@@H]2C1. The van der Waals surface area contributed by atoms with Gasteiger partial charge in [-0.25, -0.2) is 8.78 Å². The number of ether oxygens (including phenoxy) is 4. The van der Waals surface area contributed by atoms with E-state index in [1.807, 2.05) is 0 Å². The Kier molecular flexibility index (Phi) is 7.71. The third-order valence-corrected chi connectivity index (χ3v) is 6.55. The molecule has 1 saturated carbocycles. The Morgan fingerprint density at radius 3 is 2.53 bits per heavy atom. The lowest BCUT2D eigenvalue weighted by atomic mass is 9.78. The molecular formula is C27H30F2N2O5. The highest BCUT2D eigenvalue weighted by Gasteiger charge is 2.58. The van der Waals surface area contributed by atoms with Crippen LogP contribution in [0.3, 0.4) is 0 Å². The summed E-state index contributed by atoms with van der Waals surface area (Å²) < 4.78 is 53.0. The highest BCUT2D eigenvalue weighted by atomic mass is 19.1. The van der Waals surface area contributed by atoms with E-state index in [1.54, 1.807) is 45.0 Å². The molecule has 1 heterocycles. The zero-order valence-corrected chi connectivity index (χ0v) is 20.6. The van der Waals surface area contributed by atoms with Crippen LogP contribution in [0, 0.1) is 23.0 Å². The quantitative estimate of drug-likeness (QED) is 0.586. The average molecular weight is 501 g/mol. The van der Waals surface area contributed by atoms with Gasteiger partial charge in [-0.05, 0) is 44.5 Å². The van der Waals surface area contributed by atoms with Gasteiger partial charge in [0.2, 0.25) is 0 Å². The Morgan fingerprint density at radius 1 is 1.11 bits per heavy atom. The second-order valence-electron chi connectivity index (χ2n) is 9.51. The Labute approximate surface area is 209 Å². The predicted octanol–water partition coefficient (Wildman–Crippen LogP) is 4.13. The number of carbonyl (C=O) groups excluding carboxylic acids is 1. The molecule has 2 aromatic carbocycles. The highest BCUT2D eigenvalue weighted by Crippen LogP contribution is 2.44. The first-order chi connectivity index (χ1) is 17.2. The fourth-order valence-corrected chi connectivity index (χ4v) is 4.86. The van der Waals surface area contributed by atoms with Gasteiger partial charge in [0.1, 0.15) is 17.7 Å². The van der Waals surface area contributed by atoms with Crippen molar-refractivity contribution >= 4 is 5.91 Å². The number of nitrogens with one attached hydrogen (secondary N) is 1. The number of likely N-dealkylation sites (N-methyl/N-ethyl adjacent to an activating group) is 1. The lowest BCUT2D eigenvalue weighted by Crippen LogP contribution is -2.60. The van der Waals surface area contributed by atoms with Crippen LogP contribution in [-0.2, 0) is 37.0 Å². The van der Waals surface area contributed by atoms with Crippen molar-refractivity contribution in [3.05, 3.63) is 70.8 Å². The number of rotatable bonds is 8. The molecule has 0 radical (unpaired) electrons. The van der Waals surface area contributed by atoms with Gasteiger partial charge >= 0.3 is 0 Å². The molecule has 7 nitrogen and oxygen atoms in total. The topological polar surface area (TPSA) is 89.8 Å². The molecule has 192 valence electrons. The summed E-state index contributed by atoms with van der Waals surface area (Å²) in [6.45, 7) is 5.36. The van der Waals surface area contributed by atoms with Crippen LogP contribution in [0.5, 0.6) is 0 Å². The van der Waals surface area contributed by atoms with E-state index in [-0.39, 0.29) is 37.5 Å². The minimum absolute atomic E-state index is 0.0111. The minimum Gasteiger partial charge on any atom is -0.370 e. The van der Waals surface area contributed by atoms with Gasteiger partial charge in [0, 0.05) is 24.9 Å². The fourth-order valence-electron chi connectivity index (χ4n) is 4.86. The number of hydrogen-bond donors (Lipinski definition) is 1. The maximum absolute atomic E-state index is 14.3. The standard InChI is InChI=1S/C27H30F2N2O5/c1-4-31-25(32)27(34-15-18-9-6-5-8-17(18)14-30)12-22(24-23(13-27)35-26(2,3)36-24)33-16-19-20(28)10-7-11-21(19)29/h5-11,22-24H,4,12-13,15-16H2,1-3H3,(H,31,32)/t22-,23-,24+,27-/m1/s1. The molecule has 2 aliphatic rings. The van der Waals surface area contributed by atoms with E-state index in [0.717, 1.165) is 0 Å². The van der Waals surface area contributed by atoms with Crippen molar-refractivity contribution in [2.75, 3.05) is 6.54 Å². The molecule has 4 atom stereocenters. The molecular weight excluding hydrogens is 470 g/mol. The van der Waals surface area contributed by atoms with Crippen LogP contribution in [0.2, 0.25) is 0 Å². The first-order valence-corrected chi connectivity index (χ1v) is 12.0. The van der Waals surface area contributed by atoms with Gasteiger partial charge in [0.25, 0.3) is 5.91 Å². The van der Waals surface area contributed by atoms with Gasteiger partial charge < -0.3 is 24.3 Å². The average Bonchev–Trinajstić information content (AvgIpc) is 3.16. The van der Waals surface area contributed by atoms with Crippen LogP contribution in [0.15, 0.2) is 42.5 Å². The number of amides is 1. The maximum atomic E-state index is 14.3. The summed E-state index contributed by atoms with van der Waals surface area (Å²) >= 11 is 0. The van der Waals surface area contributed by atoms with Gasteiger partial charge in [-0.1, -0.05) is 24.3 Å². The first-order valence-electron chi connectivity index (χ1n) is 12.0. The van der Waals surface area contributed by atoms with Crippen molar-refractivity contribution < 1.29 is 32.5 Å². The first kappa shape index (κ1) is 26.2. The van der Waals surface area contributed by atoms with Gasteiger partial charge in [0.05, 0.1) is 37.1 Å². The smallest absolute Gasteiger partial charge is 0.252 e. The molecule has 2 aromatic rings. The van der Waals surface area contributed by atoms with E-state index in [4.69, 9.17) is 18.9 Å². The number of benzene rings is 2. The predicted molar refractivity (Wildman–Crippen MR) is 125 cm³/mol. The lowest BCUT2D eigenvalue weighted by molar-refractivity contribution is -0.183. The zero-order chi connectivity index (χ0) is 25.9. The maximum Gasteiger partial charge on any atom is 0.252 e. The van der Waals surface area contributed by atoms with Crippen molar-refractivity contribution in [2.45, 2.75) is 76.5 Å². The van der Waals surface area contributed by atoms with Gasteiger partial charge in [0.15, 0.2) is 11.4 Å². The Morgan fingerprint density at radius 2 is 1.83 bits per heavy atom. The summed E-state index contributed by atoms with van der Waals surface area (Å²) in [6.07, 6.45) is -1.61. The number of nitriles is 1. The molecule has 1 saturated heterocycles. The van der Waals surface area contributed by atoms with Crippen LogP contribution in [0.4, 0.5) is 8.78 Å². The molecule has 2 fully saturated rings. The zero-order valence-electron chi connectivity index (χ0n) is 20.6. The van der Waals surface area contributed by atoms with E-state index < -0.39 is 41.3 Å². The van der Waals surface area contributed by atoms with Crippen molar-refractivity contribution in [1.29, 1.82) is 5.26 Å². The summed E-state index contributed by atoms with van der Waals surface area (Å²) in [5.74, 6) is -2.72. The molecule has 1 aliphatic heterocycles. The number of hydrogen-bond acceptors (Lipinski definition) is 6. The van der Waals surface area contributed by atoms with Gasteiger partial charge in [-0.3, -0.25) is 4.79 Å². The molecule has 1 aliphatic carbocycles. The van der Waals surface area contributed by atoms with Gasteiger partial charge in [-0.2, -0.15) is 5.26 Å². The lowest BCUT2D eigenvalue weighted by Gasteiger charge is -2.43. The highest BCUT2D eigenvalue weighted by molar-refractivity contribution is 5.85. The third-order valence-electron chi connectivity index (χ3n) is 6.55. The number of nitrogens with zero attached hydrogens (tertiary/aromatic N) is 1. The third kappa shape index (κ3) is 5.42. The monoisotopic (exact) mass is 500 g/mol. The summed E-state index contributed by atoms with van der Waals surface area (Å²) in [5, 5.41) is 12.3. The summed E-state index contributed by atoms with van der Waals surface area (Å²) in [4.78, 5) is 13.4. The largest absolute Gasteiger partial charge is 0.370 e. The van der Waals surface area contributed by atoms with E-state index in [9.17, 15) is 18.8 Å². The Balaban J connectivity index is 1.64. The molecule has 0 bridgehead atoms. The van der Waals surface area contributed by atoms with Crippen LogP contribution in [0.1, 0.15) is 50.3 Å². The van der Waals surface area contributed by atoms with Crippen LogP contribution in [-0.4, -0.2) is 42.2 Å². The summed E-state index contributed by atoms with van der Waals surface area (Å²) in [7, 11) is 0. The molecule has 1 N–H and O–H groups in total. The van der Waals surface area contributed by atoms with Crippen LogP contribution in [0.25, 0.3) is 0 Å². The second-order valence-corrected chi connectivity index (χ2v) is 9.51. The molecule has 0 aromatic heterocycles. The normalized spacial score (nSPS) is 26.7. The number of carbonyl (C=O) groups is 1. The Bertz CT molecular complexity index is 1130. The van der Waals surface area contributed by atoms with E-state index in [2.05, 4.69) is 11.4 Å². The molecule has 0 spiro atoms. The van der Waals surface area contributed by atoms with E-state index in [0.29, 0.717) is 17.7 Å². The fraction of sp³-hybridized carbons (Fsp3) is 0.481. The van der Waals surface area contributed by atoms with Gasteiger partial charge in [-0.15, -0.1) is 0 Å². The molecule has 4 rings (SSSR count). The second kappa shape index (κ2) is 10.6. The molecule has 0 unspecified atom stereocenters. The molecule has 1 amide bonds. The van der Waals surface area contributed by atoms with E-state index >= 15 is 0 Å². The minimum atomic E-state index is -1.37.